The fourth-order valence-electron chi connectivity index (χ4n) is 1.79. The quantitative estimate of drug-likeness (QED) is 0.837. The molecule has 0 aliphatic carbocycles. The number of alkyl halides is 3. The van der Waals surface area contributed by atoms with Gasteiger partial charge in [0.2, 0.25) is 0 Å². The third-order valence-corrected chi connectivity index (χ3v) is 2.84. The monoisotopic (exact) mass is 276 g/mol. The van der Waals surface area contributed by atoms with Crippen molar-refractivity contribution in [2.24, 2.45) is 0 Å². The first-order chi connectivity index (χ1) is 8.88. The molecule has 19 heavy (non-hydrogen) atoms. The molecular weight excluding hydrogens is 265 g/mol. The first-order valence-electron chi connectivity index (χ1n) is 5.50. The maximum Gasteiger partial charge on any atom is 0.418 e. The first kappa shape index (κ1) is 13.4. The molecule has 1 N–H and O–H groups in total. The van der Waals surface area contributed by atoms with E-state index in [2.05, 4.69) is 10.2 Å². The Hall–Kier alpha value is -2.06. The van der Waals surface area contributed by atoms with Crippen LogP contribution in [0.2, 0.25) is 0 Å². The summed E-state index contributed by atoms with van der Waals surface area (Å²) in [6, 6.07) is 0.920. The lowest BCUT2D eigenvalue weighted by molar-refractivity contribution is -0.137. The Morgan fingerprint density at radius 3 is 2.42 bits per heavy atom. The van der Waals surface area contributed by atoms with Crippen LogP contribution in [0.4, 0.5) is 23.8 Å². The van der Waals surface area contributed by atoms with Gasteiger partial charge in [0, 0.05) is 26.2 Å². The van der Waals surface area contributed by atoms with Crippen molar-refractivity contribution in [2.45, 2.75) is 6.18 Å². The van der Waals surface area contributed by atoms with Crippen molar-refractivity contribution in [2.75, 3.05) is 31.1 Å². The van der Waals surface area contributed by atoms with Gasteiger partial charge in [-0.1, -0.05) is 0 Å². The van der Waals surface area contributed by atoms with E-state index in [4.69, 9.17) is 5.11 Å². The molecule has 1 aliphatic rings. The second-order valence-corrected chi connectivity index (χ2v) is 4.06. The zero-order chi connectivity index (χ0) is 14.0. The van der Waals surface area contributed by atoms with Gasteiger partial charge in [-0.05, 0) is 6.07 Å². The molecule has 2 rings (SSSR count). The fraction of sp³-hybridized carbons (Fsp3) is 0.500. The maximum absolute atomic E-state index is 12.5. The normalized spacial score (nSPS) is 16.6. The second-order valence-electron chi connectivity index (χ2n) is 4.06. The zero-order valence-corrected chi connectivity index (χ0v) is 9.76. The molecule has 1 aromatic rings. The van der Waals surface area contributed by atoms with E-state index in [-0.39, 0.29) is 18.9 Å². The van der Waals surface area contributed by atoms with Crippen LogP contribution in [0.15, 0.2) is 12.3 Å². The van der Waals surface area contributed by atoms with Crippen molar-refractivity contribution in [3.63, 3.8) is 0 Å². The average Bonchev–Trinajstić information content (AvgIpc) is 2.38. The Bertz CT molecular complexity index is 472. The van der Waals surface area contributed by atoms with Crippen LogP contribution in [-0.4, -0.2) is 52.5 Å². The molecule has 0 saturated carbocycles. The Morgan fingerprint density at radius 1 is 1.26 bits per heavy atom. The van der Waals surface area contributed by atoms with Crippen molar-refractivity contribution >= 4 is 11.9 Å². The molecule has 1 aromatic heterocycles. The summed E-state index contributed by atoms with van der Waals surface area (Å²) in [5.41, 5.74) is -0.863. The largest absolute Gasteiger partial charge is 0.465 e. The van der Waals surface area contributed by atoms with E-state index in [0.29, 0.717) is 19.3 Å². The molecule has 0 aromatic carbocycles. The zero-order valence-electron chi connectivity index (χ0n) is 9.76. The van der Waals surface area contributed by atoms with Gasteiger partial charge in [-0.25, -0.2) is 4.79 Å². The van der Waals surface area contributed by atoms with E-state index >= 15 is 0 Å². The number of aromatic nitrogens is 2. The van der Waals surface area contributed by atoms with Crippen LogP contribution in [0.25, 0.3) is 0 Å². The maximum atomic E-state index is 12.5. The van der Waals surface area contributed by atoms with Gasteiger partial charge >= 0.3 is 12.3 Å². The molecule has 2 heterocycles. The van der Waals surface area contributed by atoms with Gasteiger partial charge in [0.1, 0.15) is 0 Å². The van der Waals surface area contributed by atoms with E-state index < -0.39 is 17.8 Å². The number of carboxylic acid groups (broad SMARTS) is 1. The van der Waals surface area contributed by atoms with Crippen LogP contribution in [0.3, 0.4) is 0 Å². The van der Waals surface area contributed by atoms with Crippen LogP contribution in [0.1, 0.15) is 5.56 Å². The summed E-state index contributed by atoms with van der Waals surface area (Å²) >= 11 is 0. The number of hydrogen-bond donors (Lipinski definition) is 1. The number of rotatable bonds is 1. The lowest BCUT2D eigenvalue weighted by atomic mass is 10.2. The highest BCUT2D eigenvalue weighted by Gasteiger charge is 2.32. The molecule has 1 aliphatic heterocycles. The average molecular weight is 276 g/mol. The second kappa shape index (κ2) is 4.90. The number of halogens is 3. The molecule has 9 heteroatoms. The molecule has 1 amide bonds. The first-order valence-corrected chi connectivity index (χ1v) is 5.50. The highest BCUT2D eigenvalue weighted by Crippen LogP contribution is 2.30. The lowest BCUT2D eigenvalue weighted by Crippen LogP contribution is -2.48. The standard InChI is InChI=1S/C10H11F3N4O2/c11-10(12,13)7-5-8(15-14-6-7)16-1-3-17(4-2-16)9(18)19/h5-6H,1-4H2,(H,18,19). The predicted molar refractivity (Wildman–Crippen MR) is 58.8 cm³/mol. The topological polar surface area (TPSA) is 69.6 Å². The SMILES string of the molecule is O=C(O)N1CCN(c2cc(C(F)(F)F)cnn2)CC1. The van der Waals surface area contributed by atoms with Crippen molar-refractivity contribution in [3.05, 3.63) is 17.8 Å². The van der Waals surface area contributed by atoms with Crippen molar-refractivity contribution < 1.29 is 23.1 Å². The Balaban J connectivity index is 2.10. The summed E-state index contributed by atoms with van der Waals surface area (Å²) in [4.78, 5) is 13.5. The molecule has 0 atom stereocenters. The van der Waals surface area contributed by atoms with Gasteiger partial charge in [-0.15, -0.1) is 5.10 Å². The van der Waals surface area contributed by atoms with Gasteiger partial charge in [0.15, 0.2) is 5.82 Å². The van der Waals surface area contributed by atoms with Crippen molar-refractivity contribution in [3.8, 4) is 0 Å². The highest BCUT2D eigenvalue weighted by molar-refractivity contribution is 5.65. The molecule has 6 nitrogen and oxygen atoms in total. The number of carbonyl (C=O) groups is 1. The summed E-state index contributed by atoms with van der Waals surface area (Å²) < 4.78 is 37.6. The van der Waals surface area contributed by atoms with E-state index in [9.17, 15) is 18.0 Å². The molecule has 1 fully saturated rings. The van der Waals surface area contributed by atoms with Crippen LogP contribution in [0, 0.1) is 0 Å². The fourth-order valence-corrected chi connectivity index (χ4v) is 1.79. The molecule has 104 valence electrons. The third-order valence-electron chi connectivity index (χ3n) is 2.84. The van der Waals surface area contributed by atoms with Crippen LogP contribution in [-0.2, 0) is 6.18 Å². The smallest absolute Gasteiger partial charge is 0.418 e. The third kappa shape index (κ3) is 3.04. The molecule has 0 bridgehead atoms. The molecule has 0 radical (unpaired) electrons. The van der Waals surface area contributed by atoms with Crippen LogP contribution in [0.5, 0.6) is 0 Å². The molecule has 0 unspecified atom stereocenters. The Labute approximate surface area is 106 Å². The number of piperazine rings is 1. The number of hydrogen-bond acceptors (Lipinski definition) is 4. The summed E-state index contributed by atoms with van der Waals surface area (Å²) in [5, 5.41) is 15.8. The van der Waals surface area contributed by atoms with Gasteiger partial charge in [-0.2, -0.15) is 18.3 Å². The van der Waals surface area contributed by atoms with E-state index in [1.807, 2.05) is 0 Å². The highest BCUT2D eigenvalue weighted by atomic mass is 19.4. The van der Waals surface area contributed by atoms with E-state index in [0.717, 1.165) is 6.07 Å². The lowest BCUT2D eigenvalue weighted by Gasteiger charge is -2.33. The minimum Gasteiger partial charge on any atom is -0.465 e. The summed E-state index contributed by atoms with van der Waals surface area (Å²) in [5.74, 6) is 0.111. The van der Waals surface area contributed by atoms with Crippen molar-refractivity contribution in [1.29, 1.82) is 0 Å². The summed E-state index contributed by atoms with van der Waals surface area (Å²) in [6.07, 6.45) is -4.83. The van der Waals surface area contributed by atoms with Crippen LogP contribution < -0.4 is 4.90 Å². The van der Waals surface area contributed by atoms with Gasteiger partial charge in [0.05, 0.1) is 11.8 Å². The number of amides is 1. The minimum atomic E-state index is -4.46. The van der Waals surface area contributed by atoms with Crippen LogP contribution >= 0.6 is 0 Å². The summed E-state index contributed by atoms with van der Waals surface area (Å²) in [7, 11) is 0. The predicted octanol–water partition coefficient (Wildman–Crippen LogP) is 1.30. The Kier molecular flexibility index (Phi) is 3.45. The van der Waals surface area contributed by atoms with Gasteiger partial charge < -0.3 is 14.9 Å². The van der Waals surface area contributed by atoms with Crippen molar-refractivity contribution in [1.82, 2.24) is 15.1 Å². The molecular formula is C10H11F3N4O2. The molecule has 1 saturated heterocycles. The van der Waals surface area contributed by atoms with Gasteiger partial charge in [-0.3, -0.25) is 0 Å². The van der Waals surface area contributed by atoms with E-state index in [1.165, 1.54) is 4.90 Å². The number of nitrogens with zero attached hydrogens (tertiary/aromatic N) is 4. The van der Waals surface area contributed by atoms with Gasteiger partial charge in [0.25, 0.3) is 0 Å². The Morgan fingerprint density at radius 2 is 1.89 bits per heavy atom. The molecule has 0 spiro atoms. The van der Waals surface area contributed by atoms with E-state index in [1.54, 1.807) is 4.90 Å². The minimum absolute atomic E-state index is 0.111. The summed E-state index contributed by atoms with van der Waals surface area (Å²) in [6.45, 7) is 1.05. The number of anilines is 1.